The Morgan fingerprint density at radius 3 is 2.83 bits per heavy atom. The summed E-state index contributed by atoms with van der Waals surface area (Å²) in [5.41, 5.74) is 1.16. The van der Waals surface area contributed by atoms with Crippen molar-refractivity contribution in [2.75, 3.05) is 14.2 Å². The highest BCUT2D eigenvalue weighted by atomic mass is 79.9. The van der Waals surface area contributed by atoms with E-state index in [1.807, 2.05) is 25.2 Å². The quantitative estimate of drug-likeness (QED) is 0.859. The topological polar surface area (TPSA) is 21.3 Å². The summed E-state index contributed by atoms with van der Waals surface area (Å²) in [7, 11) is 3.60. The van der Waals surface area contributed by atoms with E-state index in [4.69, 9.17) is 4.74 Å². The lowest BCUT2D eigenvalue weighted by Crippen LogP contribution is -2.06. The first-order valence-corrected chi connectivity index (χ1v) is 4.55. The fourth-order valence-electron chi connectivity index (χ4n) is 1.11. The Hall–Kier alpha value is -0.540. The van der Waals surface area contributed by atoms with Gasteiger partial charge in [-0.1, -0.05) is 12.1 Å². The van der Waals surface area contributed by atoms with Crippen LogP contribution in [0.1, 0.15) is 5.56 Å². The van der Waals surface area contributed by atoms with E-state index in [0.717, 1.165) is 22.3 Å². The molecule has 0 atom stereocenters. The average Bonchev–Trinajstić information content (AvgIpc) is 2.05. The zero-order valence-corrected chi connectivity index (χ0v) is 8.81. The first-order valence-electron chi connectivity index (χ1n) is 3.75. The molecule has 1 aromatic rings. The van der Waals surface area contributed by atoms with E-state index < -0.39 is 0 Å². The summed E-state index contributed by atoms with van der Waals surface area (Å²) >= 11 is 3.42. The Morgan fingerprint density at radius 2 is 2.25 bits per heavy atom. The molecule has 0 unspecified atom stereocenters. The van der Waals surface area contributed by atoms with Gasteiger partial charge in [0.1, 0.15) is 5.75 Å². The molecule has 0 aliphatic heterocycles. The lowest BCUT2D eigenvalue weighted by atomic mass is 10.2. The van der Waals surface area contributed by atoms with Crippen molar-refractivity contribution in [2.45, 2.75) is 6.54 Å². The second kappa shape index (κ2) is 4.48. The van der Waals surface area contributed by atoms with Crippen LogP contribution in [0.15, 0.2) is 22.7 Å². The molecule has 1 N–H and O–H groups in total. The van der Waals surface area contributed by atoms with Gasteiger partial charge in [-0.25, -0.2) is 0 Å². The molecule has 12 heavy (non-hydrogen) atoms. The van der Waals surface area contributed by atoms with E-state index in [1.165, 1.54) is 0 Å². The molecule has 0 aliphatic rings. The van der Waals surface area contributed by atoms with E-state index in [2.05, 4.69) is 21.2 Å². The number of benzene rings is 1. The zero-order valence-electron chi connectivity index (χ0n) is 7.23. The number of halogens is 1. The minimum Gasteiger partial charge on any atom is -0.495 e. The number of para-hydroxylation sites is 1. The second-order valence-corrected chi connectivity index (χ2v) is 3.32. The van der Waals surface area contributed by atoms with Crippen LogP contribution < -0.4 is 10.1 Å². The van der Waals surface area contributed by atoms with Gasteiger partial charge in [0.25, 0.3) is 0 Å². The third-order valence-corrected chi connectivity index (χ3v) is 2.24. The monoisotopic (exact) mass is 229 g/mol. The van der Waals surface area contributed by atoms with Crippen LogP contribution in [0, 0.1) is 0 Å². The smallest absolute Gasteiger partial charge is 0.137 e. The summed E-state index contributed by atoms with van der Waals surface area (Å²) < 4.78 is 6.24. The number of methoxy groups -OCH3 is 1. The van der Waals surface area contributed by atoms with Gasteiger partial charge in [-0.15, -0.1) is 0 Å². The molecule has 3 heteroatoms. The van der Waals surface area contributed by atoms with Crippen LogP contribution in [-0.2, 0) is 6.54 Å². The van der Waals surface area contributed by atoms with Crippen molar-refractivity contribution in [1.29, 1.82) is 0 Å². The summed E-state index contributed by atoms with van der Waals surface area (Å²) in [5.74, 6) is 0.909. The van der Waals surface area contributed by atoms with Crippen LogP contribution in [0.4, 0.5) is 0 Å². The molecule has 0 fully saturated rings. The molecular weight excluding hydrogens is 218 g/mol. The van der Waals surface area contributed by atoms with Gasteiger partial charge in [0.05, 0.1) is 11.6 Å². The highest BCUT2D eigenvalue weighted by Crippen LogP contribution is 2.28. The molecule has 0 amide bonds. The zero-order chi connectivity index (χ0) is 8.97. The number of nitrogens with one attached hydrogen (secondary N) is 1. The van der Waals surface area contributed by atoms with Gasteiger partial charge in [-0.3, -0.25) is 0 Å². The van der Waals surface area contributed by atoms with Crippen LogP contribution in [0.25, 0.3) is 0 Å². The SMILES string of the molecule is CNCc1cccc(Br)c1OC. The lowest BCUT2D eigenvalue weighted by molar-refractivity contribution is 0.406. The molecule has 0 spiro atoms. The first-order chi connectivity index (χ1) is 5.79. The van der Waals surface area contributed by atoms with E-state index in [-0.39, 0.29) is 0 Å². The van der Waals surface area contributed by atoms with Gasteiger partial charge in [-0.2, -0.15) is 0 Å². The molecule has 0 aromatic heterocycles. The van der Waals surface area contributed by atoms with Gasteiger partial charge in [0.15, 0.2) is 0 Å². The van der Waals surface area contributed by atoms with Crippen LogP contribution in [0.3, 0.4) is 0 Å². The van der Waals surface area contributed by atoms with Gasteiger partial charge < -0.3 is 10.1 Å². The van der Waals surface area contributed by atoms with Crippen molar-refractivity contribution in [3.63, 3.8) is 0 Å². The van der Waals surface area contributed by atoms with Crippen LogP contribution in [0.2, 0.25) is 0 Å². The Kier molecular flexibility index (Phi) is 3.56. The fraction of sp³-hybridized carbons (Fsp3) is 0.333. The van der Waals surface area contributed by atoms with Crippen molar-refractivity contribution in [3.8, 4) is 5.75 Å². The molecule has 0 bridgehead atoms. The largest absolute Gasteiger partial charge is 0.495 e. The van der Waals surface area contributed by atoms with Crippen molar-refractivity contribution >= 4 is 15.9 Å². The van der Waals surface area contributed by atoms with Crippen molar-refractivity contribution in [1.82, 2.24) is 5.32 Å². The maximum atomic E-state index is 5.24. The molecular formula is C9H12BrNO. The average molecular weight is 230 g/mol. The summed E-state index contributed by atoms with van der Waals surface area (Å²) in [4.78, 5) is 0. The Bertz CT molecular complexity index is 263. The van der Waals surface area contributed by atoms with E-state index in [1.54, 1.807) is 7.11 Å². The lowest BCUT2D eigenvalue weighted by Gasteiger charge is -2.09. The highest BCUT2D eigenvalue weighted by molar-refractivity contribution is 9.10. The summed E-state index contributed by atoms with van der Waals surface area (Å²) in [6.07, 6.45) is 0. The van der Waals surface area contributed by atoms with Crippen LogP contribution >= 0.6 is 15.9 Å². The standard InChI is InChI=1S/C9H12BrNO/c1-11-6-7-4-3-5-8(10)9(7)12-2/h3-5,11H,6H2,1-2H3. The first kappa shape index (κ1) is 9.55. The Balaban J connectivity index is 3.00. The highest BCUT2D eigenvalue weighted by Gasteiger charge is 2.04. The number of hydrogen-bond donors (Lipinski definition) is 1. The molecule has 0 heterocycles. The third kappa shape index (κ3) is 1.99. The predicted octanol–water partition coefficient (Wildman–Crippen LogP) is 2.18. The molecule has 2 nitrogen and oxygen atoms in total. The summed E-state index contributed by atoms with van der Waals surface area (Å²) in [5, 5.41) is 3.09. The molecule has 1 aromatic carbocycles. The molecule has 66 valence electrons. The molecule has 0 radical (unpaired) electrons. The minimum atomic E-state index is 0.822. The Morgan fingerprint density at radius 1 is 1.50 bits per heavy atom. The van der Waals surface area contributed by atoms with Crippen LogP contribution in [0.5, 0.6) is 5.75 Å². The Labute approximate surface area is 81.1 Å². The minimum absolute atomic E-state index is 0.822. The van der Waals surface area contributed by atoms with Gasteiger partial charge >= 0.3 is 0 Å². The molecule has 1 rings (SSSR count). The number of rotatable bonds is 3. The van der Waals surface area contributed by atoms with Crippen molar-refractivity contribution < 1.29 is 4.74 Å². The number of ether oxygens (including phenoxy) is 1. The number of hydrogen-bond acceptors (Lipinski definition) is 2. The molecule has 0 saturated heterocycles. The summed E-state index contributed by atoms with van der Waals surface area (Å²) in [6, 6.07) is 6.01. The third-order valence-electron chi connectivity index (χ3n) is 1.62. The van der Waals surface area contributed by atoms with E-state index in [0.29, 0.717) is 0 Å². The van der Waals surface area contributed by atoms with E-state index in [9.17, 15) is 0 Å². The van der Waals surface area contributed by atoms with Crippen molar-refractivity contribution in [3.05, 3.63) is 28.2 Å². The van der Waals surface area contributed by atoms with Crippen LogP contribution in [-0.4, -0.2) is 14.2 Å². The maximum absolute atomic E-state index is 5.24. The predicted molar refractivity (Wildman–Crippen MR) is 53.5 cm³/mol. The molecule has 0 saturated carbocycles. The van der Waals surface area contributed by atoms with Gasteiger partial charge in [0, 0.05) is 12.1 Å². The maximum Gasteiger partial charge on any atom is 0.137 e. The normalized spacial score (nSPS) is 9.92. The second-order valence-electron chi connectivity index (χ2n) is 2.46. The van der Waals surface area contributed by atoms with E-state index >= 15 is 0 Å². The fourth-order valence-corrected chi connectivity index (χ4v) is 1.68. The van der Waals surface area contributed by atoms with Gasteiger partial charge in [-0.05, 0) is 29.0 Å². The summed E-state index contributed by atoms with van der Waals surface area (Å²) in [6.45, 7) is 0.822. The van der Waals surface area contributed by atoms with Crippen molar-refractivity contribution in [2.24, 2.45) is 0 Å². The molecule has 0 aliphatic carbocycles. The van der Waals surface area contributed by atoms with Gasteiger partial charge in [0.2, 0.25) is 0 Å².